The molecule has 8 heteroatoms. The lowest BCUT2D eigenvalue weighted by Gasteiger charge is -2.31. The molecule has 4 aromatic rings. The lowest BCUT2D eigenvalue weighted by atomic mass is 9.95. The normalized spacial score (nSPS) is 15.1. The number of aromatic nitrogens is 2. The van der Waals surface area contributed by atoms with Gasteiger partial charge in [-0.2, -0.15) is 0 Å². The molecule has 1 saturated heterocycles. The van der Waals surface area contributed by atoms with E-state index in [9.17, 15) is 13.2 Å². The van der Waals surface area contributed by atoms with Crippen molar-refractivity contribution >= 4 is 37.2 Å². The molecule has 0 spiro atoms. The highest BCUT2D eigenvalue weighted by Crippen LogP contribution is 2.31. The second-order valence-electron chi connectivity index (χ2n) is 8.83. The van der Waals surface area contributed by atoms with E-state index in [4.69, 9.17) is 0 Å². The van der Waals surface area contributed by atoms with Crippen molar-refractivity contribution in [3.63, 3.8) is 0 Å². The third-order valence-corrected chi connectivity index (χ3v) is 9.33. The third-order valence-electron chi connectivity index (χ3n) is 6.51. The van der Waals surface area contributed by atoms with Crippen molar-refractivity contribution in [1.82, 2.24) is 14.5 Å². The second kappa shape index (κ2) is 9.35. The molecule has 5 rings (SSSR count). The summed E-state index contributed by atoms with van der Waals surface area (Å²) in [7, 11) is -3.36. The summed E-state index contributed by atoms with van der Waals surface area (Å²) in [5.74, 6) is 1.24. The molecule has 0 N–H and O–H groups in total. The summed E-state index contributed by atoms with van der Waals surface area (Å²) in [4.78, 5) is 20.7. The van der Waals surface area contributed by atoms with Crippen LogP contribution in [0.3, 0.4) is 0 Å². The maximum absolute atomic E-state index is 13.0. The van der Waals surface area contributed by atoms with Gasteiger partial charge in [0.05, 0.1) is 15.5 Å². The Labute approximate surface area is 203 Å². The van der Waals surface area contributed by atoms with Gasteiger partial charge in [-0.05, 0) is 49.4 Å². The number of hydrogen-bond acceptors (Lipinski definition) is 5. The van der Waals surface area contributed by atoms with Gasteiger partial charge in [0.2, 0.25) is 0 Å². The SMILES string of the molecule is Cc1ccc(S(=O)(=O)CCn2ccnc2C2CCN(C(=O)c3cc4ccccc4s3)CC2)cc1. The molecule has 0 aliphatic carbocycles. The second-order valence-corrected chi connectivity index (χ2v) is 12.0. The van der Waals surface area contributed by atoms with Crippen molar-refractivity contribution in [2.45, 2.75) is 37.1 Å². The van der Waals surface area contributed by atoms with Crippen molar-refractivity contribution in [1.29, 1.82) is 0 Å². The summed E-state index contributed by atoms with van der Waals surface area (Å²) in [5.41, 5.74) is 1.04. The Hall–Kier alpha value is -2.97. The quantitative estimate of drug-likeness (QED) is 0.383. The average molecular weight is 494 g/mol. The van der Waals surface area contributed by atoms with Crippen LogP contribution in [0.4, 0.5) is 0 Å². The minimum atomic E-state index is -3.36. The Balaban J connectivity index is 1.22. The number of thiophene rings is 1. The molecule has 1 aliphatic heterocycles. The number of fused-ring (bicyclic) bond motifs is 1. The Morgan fingerprint density at radius 2 is 1.82 bits per heavy atom. The molecule has 0 unspecified atom stereocenters. The Bertz CT molecular complexity index is 1380. The van der Waals surface area contributed by atoms with Gasteiger partial charge in [0, 0.05) is 42.6 Å². The molecule has 176 valence electrons. The summed E-state index contributed by atoms with van der Waals surface area (Å²) in [6.07, 6.45) is 5.23. The van der Waals surface area contributed by atoms with E-state index in [1.165, 1.54) is 0 Å². The smallest absolute Gasteiger partial charge is 0.263 e. The summed E-state index contributed by atoms with van der Waals surface area (Å²) < 4.78 is 28.6. The Kier molecular flexibility index (Phi) is 6.27. The van der Waals surface area contributed by atoms with Gasteiger partial charge in [-0.1, -0.05) is 35.9 Å². The summed E-state index contributed by atoms with van der Waals surface area (Å²) in [5, 5.41) is 1.10. The standard InChI is InChI=1S/C26H27N3O3S2/c1-19-6-8-22(9-7-19)34(31,32)17-16-28-15-12-27-25(28)20-10-13-29(14-11-20)26(30)24-18-21-4-2-3-5-23(21)33-24/h2-9,12,15,18,20H,10-11,13-14,16-17H2,1H3. The van der Waals surface area contributed by atoms with Crippen molar-refractivity contribution in [2.75, 3.05) is 18.8 Å². The summed E-state index contributed by atoms with van der Waals surface area (Å²) >= 11 is 1.54. The van der Waals surface area contributed by atoms with E-state index in [1.807, 2.05) is 65.1 Å². The molecule has 0 saturated carbocycles. The van der Waals surface area contributed by atoms with Crippen LogP contribution in [0.1, 0.15) is 39.8 Å². The van der Waals surface area contributed by atoms with Crippen LogP contribution in [0.25, 0.3) is 10.1 Å². The molecule has 0 bridgehead atoms. The highest BCUT2D eigenvalue weighted by atomic mass is 32.2. The van der Waals surface area contributed by atoms with E-state index in [1.54, 1.807) is 29.7 Å². The number of rotatable bonds is 6. The van der Waals surface area contributed by atoms with Gasteiger partial charge in [0.1, 0.15) is 5.82 Å². The molecule has 6 nitrogen and oxygen atoms in total. The molecule has 2 aromatic carbocycles. The number of sulfone groups is 1. The highest BCUT2D eigenvalue weighted by Gasteiger charge is 2.28. The fourth-order valence-electron chi connectivity index (χ4n) is 4.54. The first-order chi connectivity index (χ1) is 16.4. The predicted molar refractivity (Wildman–Crippen MR) is 135 cm³/mol. The molecule has 0 radical (unpaired) electrons. The molecule has 3 heterocycles. The number of aryl methyl sites for hydroxylation is 2. The summed E-state index contributed by atoms with van der Waals surface area (Å²) in [6.45, 7) is 3.65. The topological polar surface area (TPSA) is 72.3 Å². The number of imidazole rings is 1. The monoisotopic (exact) mass is 493 g/mol. The zero-order valence-electron chi connectivity index (χ0n) is 19.1. The maximum atomic E-state index is 13.0. The van der Waals surface area contributed by atoms with Crippen molar-refractivity contribution < 1.29 is 13.2 Å². The van der Waals surface area contributed by atoms with E-state index in [2.05, 4.69) is 4.98 Å². The van der Waals surface area contributed by atoms with E-state index < -0.39 is 9.84 Å². The van der Waals surface area contributed by atoms with Gasteiger partial charge < -0.3 is 9.47 Å². The van der Waals surface area contributed by atoms with Crippen molar-refractivity contribution in [2.24, 2.45) is 0 Å². The molecule has 1 aliphatic rings. The number of benzene rings is 2. The minimum absolute atomic E-state index is 0.0304. The van der Waals surface area contributed by atoms with E-state index in [-0.39, 0.29) is 17.6 Å². The van der Waals surface area contributed by atoms with E-state index in [0.717, 1.165) is 39.2 Å². The fraction of sp³-hybridized carbons (Fsp3) is 0.308. The molecule has 2 aromatic heterocycles. The molecular weight excluding hydrogens is 466 g/mol. The molecule has 34 heavy (non-hydrogen) atoms. The van der Waals surface area contributed by atoms with Crippen LogP contribution in [-0.2, 0) is 16.4 Å². The first kappa shape index (κ1) is 22.8. The predicted octanol–water partition coefficient (Wildman–Crippen LogP) is 4.90. The van der Waals surface area contributed by atoms with Crippen LogP contribution in [0.2, 0.25) is 0 Å². The Morgan fingerprint density at radius 1 is 1.09 bits per heavy atom. The number of piperidine rings is 1. The number of carbonyl (C=O) groups is 1. The molecule has 1 amide bonds. The zero-order chi connectivity index (χ0) is 23.7. The van der Waals surface area contributed by atoms with Crippen molar-refractivity contribution in [3.8, 4) is 0 Å². The van der Waals surface area contributed by atoms with Gasteiger partial charge in [0.15, 0.2) is 9.84 Å². The van der Waals surface area contributed by atoms with Crippen LogP contribution < -0.4 is 0 Å². The first-order valence-corrected chi connectivity index (χ1v) is 14.0. The van der Waals surface area contributed by atoms with Crippen LogP contribution in [0.15, 0.2) is 71.9 Å². The fourth-order valence-corrected chi connectivity index (χ4v) is 6.79. The van der Waals surface area contributed by atoms with Gasteiger partial charge in [-0.3, -0.25) is 4.79 Å². The number of hydrogen-bond donors (Lipinski definition) is 0. The number of nitrogens with zero attached hydrogens (tertiary/aromatic N) is 3. The van der Waals surface area contributed by atoms with Crippen LogP contribution >= 0.6 is 11.3 Å². The maximum Gasteiger partial charge on any atom is 0.263 e. The van der Waals surface area contributed by atoms with Gasteiger partial charge in [-0.25, -0.2) is 13.4 Å². The first-order valence-electron chi connectivity index (χ1n) is 11.5. The number of amides is 1. The molecule has 0 atom stereocenters. The molecule has 1 fully saturated rings. The lowest BCUT2D eigenvalue weighted by molar-refractivity contribution is 0.0715. The number of likely N-dealkylation sites (tertiary alicyclic amines) is 1. The van der Waals surface area contributed by atoms with Gasteiger partial charge in [0.25, 0.3) is 5.91 Å². The van der Waals surface area contributed by atoms with Crippen LogP contribution in [0.5, 0.6) is 0 Å². The van der Waals surface area contributed by atoms with Crippen molar-refractivity contribution in [3.05, 3.63) is 83.3 Å². The van der Waals surface area contributed by atoms with Crippen LogP contribution in [-0.4, -0.2) is 47.6 Å². The van der Waals surface area contributed by atoms with E-state index in [0.29, 0.717) is 24.5 Å². The minimum Gasteiger partial charge on any atom is -0.338 e. The third kappa shape index (κ3) is 4.65. The highest BCUT2D eigenvalue weighted by molar-refractivity contribution is 7.91. The van der Waals surface area contributed by atoms with Crippen LogP contribution in [0, 0.1) is 6.92 Å². The zero-order valence-corrected chi connectivity index (χ0v) is 20.7. The molecular formula is C26H27N3O3S2. The Morgan fingerprint density at radius 3 is 2.56 bits per heavy atom. The average Bonchev–Trinajstić information content (AvgIpc) is 3.50. The van der Waals surface area contributed by atoms with E-state index >= 15 is 0 Å². The van der Waals surface area contributed by atoms with Gasteiger partial charge in [-0.15, -0.1) is 11.3 Å². The summed E-state index contributed by atoms with van der Waals surface area (Å²) in [6, 6.07) is 17.0. The number of carbonyl (C=O) groups excluding carboxylic acids is 1. The van der Waals surface area contributed by atoms with Gasteiger partial charge >= 0.3 is 0 Å². The lowest BCUT2D eigenvalue weighted by Crippen LogP contribution is -2.38. The largest absolute Gasteiger partial charge is 0.338 e.